The first-order chi connectivity index (χ1) is 7.99. The molecule has 0 aromatic rings. The number of ether oxygens (including phenoxy) is 1. The SMILES string of the molecule is CC(C)(C)OCCC1(CNC2CC2)CCCC1. The first-order valence-electron chi connectivity index (χ1n) is 7.37. The molecule has 2 heteroatoms. The third kappa shape index (κ3) is 4.59. The molecule has 2 saturated carbocycles. The molecular formula is C15H29NO. The third-order valence-electron chi connectivity index (χ3n) is 4.17. The monoisotopic (exact) mass is 239 g/mol. The maximum absolute atomic E-state index is 5.91. The molecule has 17 heavy (non-hydrogen) atoms. The molecule has 0 aromatic carbocycles. The Morgan fingerprint density at radius 3 is 2.35 bits per heavy atom. The van der Waals surface area contributed by atoms with Crippen molar-refractivity contribution in [2.75, 3.05) is 13.2 Å². The Bertz CT molecular complexity index is 234. The lowest BCUT2D eigenvalue weighted by Crippen LogP contribution is -2.35. The normalized spacial score (nSPS) is 24.2. The number of hydrogen-bond donors (Lipinski definition) is 1. The summed E-state index contributed by atoms with van der Waals surface area (Å²) >= 11 is 0. The van der Waals surface area contributed by atoms with Crippen molar-refractivity contribution in [2.45, 2.75) is 77.4 Å². The van der Waals surface area contributed by atoms with Crippen molar-refractivity contribution >= 4 is 0 Å². The van der Waals surface area contributed by atoms with Crippen molar-refractivity contribution < 1.29 is 4.74 Å². The molecule has 2 aliphatic carbocycles. The smallest absolute Gasteiger partial charge is 0.0598 e. The van der Waals surface area contributed by atoms with Crippen LogP contribution in [0.5, 0.6) is 0 Å². The Kier molecular flexibility index (Phi) is 4.14. The molecule has 0 unspecified atom stereocenters. The Hall–Kier alpha value is -0.0800. The van der Waals surface area contributed by atoms with Crippen LogP contribution in [0.15, 0.2) is 0 Å². The van der Waals surface area contributed by atoms with Gasteiger partial charge in [-0.1, -0.05) is 12.8 Å². The summed E-state index contributed by atoms with van der Waals surface area (Å²) in [6.07, 6.45) is 9.68. The molecular weight excluding hydrogens is 210 g/mol. The number of rotatable bonds is 6. The molecule has 0 amide bonds. The Labute approximate surface area is 107 Å². The molecule has 0 saturated heterocycles. The summed E-state index contributed by atoms with van der Waals surface area (Å²) < 4.78 is 5.91. The van der Waals surface area contributed by atoms with Gasteiger partial charge in [-0.05, 0) is 58.3 Å². The van der Waals surface area contributed by atoms with E-state index in [4.69, 9.17) is 4.74 Å². The van der Waals surface area contributed by atoms with E-state index in [1.807, 2.05) is 0 Å². The van der Waals surface area contributed by atoms with Gasteiger partial charge in [0.05, 0.1) is 5.60 Å². The van der Waals surface area contributed by atoms with Crippen molar-refractivity contribution in [3.8, 4) is 0 Å². The van der Waals surface area contributed by atoms with Crippen molar-refractivity contribution in [1.82, 2.24) is 5.32 Å². The summed E-state index contributed by atoms with van der Waals surface area (Å²) in [4.78, 5) is 0. The fourth-order valence-electron chi connectivity index (χ4n) is 2.86. The minimum absolute atomic E-state index is 0.0176. The maximum atomic E-state index is 5.91. The molecule has 2 fully saturated rings. The van der Waals surface area contributed by atoms with Gasteiger partial charge in [0, 0.05) is 19.2 Å². The van der Waals surface area contributed by atoms with Crippen LogP contribution in [0, 0.1) is 5.41 Å². The summed E-state index contributed by atoms with van der Waals surface area (Å²) in [6, 6.07) is 0.844. The number of nitrogens with one attached hydrogen (secondary N) is 1. The molecule has 2 rings (SSSR count). The summed E-state index contributed by atoms with van der Waals surface area (Å²) in [5.41, 5.74) is 0.567. The molecule has 0 aromatic heterocycles. The number of hydrogen-bond acceptors (Lipinski definition) is 2. The second kappa shape index (κ2) is 5.27. The van der Waals surface area contributed by atoms with Crippen LogP contribution in [-0.2, 0) is 4.74 Å². The third-order valence-corrected chi connectivity index (χ3v) is 4.17. The van der Waals surface area contributed by atoms with E-state index in [9.17, 15) is 0 Å². The first kappa shape index (κ1) is 13.4. The van der Waals surface area contributed by atoms with Gasteiger partial charge in [0.15, 0.2) is 0 Å². The van der Waals surface area contributed by atoms with Gasteiger partial charge >= 0.3 is 0 Å². The van der Waals surface area contributed by atoms with Crippen LogP contribution in [0.1, 0.15) is 65.7 Å². The van der Waals surface area contributed by atoms with Gasteiger partial charge in [-0.15, -0.1) is 0 Å². The maximum Gasteiger partial charge on any atom is 0.0598 e. The van der Waals surface area contributed by atoms with E-state index in [1.54, 1.807) is 0 Å². The molecule has 100 valence electrons. The molecule has 0 heterocycles. The highest BCUT2D eigenvalue weighted by molar-refractivity contribution is 4.90. The highest BCUT2D eigenvalue weighted by atomic mass is 16.5. The van der Waals surface area contributed by atoms with E-state index >= 15 is 0 Å². The highest BCUT2D eigenvalue weighted by Crippen LogP contribution is 2.41. The lowest BCUT2D eigenvalue weighted by molar-refractivity contribution is -0.0184. The molecule has 0 aliphatic heterocycles. The van der Waals surface area contributed by atoms with Crippen LogP contribution in [0.3, 0.4) is 0 Å². The highest BCUT2D eigenvalue weighted by Gasteiger charge is 2.35. The summed E-state index contributed by atoms with van der Waals surface area (Å²) in [6.45, 7) is 8.60. The zero-order chi connectivity index (χ0) is 12.4. The first-order valence-corrected chi connectivity index (χ1v) is 7.37. The zero-order valence-corrected chi connectivity index (χ0v) is 11.8. The van der Waals surface area contributed by atoms with Crippen molar-refractivity contribution in [3.63, 3.8) is 0 Å². The van der Waals surface area contributed by atoms with Gasteiger partial charge < -0.3 is 10.1 Å². The average Bonchev–Trinajstić information content (AvgIpc) is 2.95. The zero-order valence-electron chi connectivity index (χ0n) is 11.8. The van der Waals surface area contributed by atoms with Gasteiger partial charge in [0.25, 0.3) is 0 Å². The summed E-state index contributed by atoms with van der Waals surface area (Å²) in [7, 11) is 0. The van der Waals surface area contributed by atoms with E-state index in [0.29, 0.717) is 5.41 Å². The van der Waals surface area contributed by atoms with Gasteiger partial charge in [0.1, 0.15) is 0 Å². The van der Waals surface area contributed by atoms with E-state index in [-0.39, 0.29) is 5.60 Å². The summed E-state index contributed by atoms with van der Waals surface area (Å²) in [5.74, 6) is 0. The Morgan fingerprint density at radius 1 is 1.18 bits per heavy atom. The topological polar surface area (TPSA) is 21.3 Å². The predicted molar refractivity (Wildman–Crippen MR) is 72.2 cm³/mol. The van der Waals surface area contributed by atoms with Crippen LogP contribution in [-0.4, -0.2) is 24.8 Å². The van der Waals surface area contributed by atoms with Crippen LogP contribution >= 0.6 is 0 Å². The van der Waals surface area contributed by atoms with E-state index in [1.165, 1.54) is 51.5 Å². The van der Waals surface area contributed by atoms with E-state index in [0.717, 1.165) is 12.6 Å². The standard InChI is InChI=1S/C15H29NO/c1-14(2,3)17-11-10-15(8-4-5-9-15)12-16-13-6-7-13/h13,16H,4-12H2,1-3H3. The quantitative estimate of drug-likeness (QED) is 0.766. The van der Waals surface area contributed by atoms with Crippen molar-refractivity contribution in [2.24, 2.45) is 5.41 Å². The molecule has 0 spiro atoms. The van der Waals surface area contributed by atoms with Crippen molar-refractivity contribution in [1.29, 1.82) is 0 Å². The van der Waals surface area contributed by atoms with Crippen LogP contribution in [0.4, 0.5) is 0 Å². The molecule has 2 aliphatic rings. The summed E-state index contributed by atoms with van der Waals surface area (Å²) in [5, 5.41) is 3.73. The van der Waals surface area contributed by atoms with E-state index < -0.39 is 0 Å². The molecule has 0 radical (unpaired) electrons. The van der Waals surface area contributed by atoms with Gasteiger partial charge in [-0.25, -0.2) is 0 Å². The Morgan fingerprint density at radius 2 is 1.82 bits per heavy atom. The predicted octanol–water partition coefficient (Wildman–Crippen LogP) is 3.50. The second-order valence-electron chi connectivity index (χ2n) is 7.07. The average molecular weight is 239 g/mol. The van der Waals surface area contributed by atoms with Gasteiger partial charge in [0.2, 0.25) is 0 Å². The molecule has 0 bridgehead atoms. The van der Waals surface area contributed by atoms with Crippen molar-refractivity contribution in [3.05, 3.63) is 0 Å². The second-order valence-corrected chi connectivity index (χ2v) is 7.07. The van der Waals surface area contributed by atoms with Gasteiger partial charge in [-0.2, -0.15) is 0 Å². The van der Waals surface area contributed by atoms with Crippen LogP contribution in [0.2, 0.25) is 0 Å². The minimum atomic E-state index is 0.0176. The lowest BCUT2D eigenvalue weighted by atomic mass is 9.83. The molecule has 0 atom stereocenters. The Balaban J connectivity index is 1.74. The molecule has 1 N–H and O–H groups in total. The van der Waals surface area contributed by atoms with Crippen LogP contribution < -0.4 is 5.32 Å². The van der Waals surface area contributed by atoms with Crippen LogP contribution in [0.25, 0.3) is 0 Å². The molecule has 2 nitrogen and oxygen atoms in total. The fraction of sp³-hybridized carbons (Fsp3) is 1.00. The fourth-order valence-corrected chi connectivity index (χ4v) is 2.86. The lowest BCUT2D eigenvalue weighted by Gasteiger charge is -2.31. The minimum Gasteiger partial charge on any atom is -0.376 e. The van der Waals surface area contributed by atoms with E-state index in [2.05, 4.69) is 26.1 Å². The largest absolute Gasteiger partial charge is 0.376 e. The van der Waals surface area contributed by atoms with Gasteiger partial charge in [-0.3, -0.25) is 0 Å².